The molecular formula is C17H20N2O3S. The molecule has 0 aliphatic carbocycles. The van der Waals surface area contributed by atoms with Crippen molar-refractivity contribution < 1.29 is 14.0 Å². The van der Waals surface area contributed by atoms with Crippen LogP contribution in [0.3, 0.4) is 0 Å². The molecule has 1 aromatic heterocycles. The maximum Gasteiger partial charge on any atom is 0.255 e. The van der Waals surface area contributed by atoms with Gasteiger partial charge in [-0.3, -0.25) is 9.59 Å². The lowest BCUT2D eigenvalue weighted by atomic mass is 10.1. The first-order valence-corrected chi connectivity index (χ1v) is 8.51. The minimum Gasteiger partial charge on any atom is -0.472 e. The highest BCUT2D eigenvalue weighted by molar-refractivity contribution is 7.98. The Labute approximate surface area is 139 Å². The number of amides is 2. The maximum atomic E-state index is 12.2. The Bertz CT molecular complexity index is 653. The molecule has 0 saturated heterocycles. The van der Waals surface area contributed by atoms with Crippen LogP contribution in [0.5, 0.6) is 0 Å². The Morgan fingerprint density at radius 2 is 1.78 bits per heavy atom. The maximum absolute atomic E-state index is 12.2. The van der Waals surface area contributed by atoms with Gasteiger partial charge >= 0.3 is 0 Å². The molecule has 1 aromatic carbocycles. The largest absolute Gasteiger partial charge is 0.472 e. The normalized spacial score (nSPS) is 13.2. The highest BCUT2D eigenvalue weighted by Crippen LogP contribution is 2.18. The fraction of sp³-hybridized carbons (Fsp3) is 0.294. The van der Waals surface area contributed by atoms with E-state index < -0.39 is 6.04 Å². The van der Waals surface area contributed by atoms with Crippen LogP contribution in [-0.2, 0) is 4.79 Å². The van der Waals surface area contributed by atoms with E-state index in [2.05, 4.69) is 10.6 Å². The van der Waals surface area contributed by atoms with Crippen LogP contribution in [0.2, 0.25) is 0 Å². The number of hydrogen-bond donors (Lipinski definition) is 2. The Hall–Kier alpha value is -2.21. The van der Waals surface area contributed by atoms with Gasteiger partial charge in [0, 0.05) is 4.90 Å². The summed E-state index contributed by atoms with van der Waals surface area (Å²) in [4.78, 5) is 25.3. The van der Waals surface area contributed by atoms with Crippen LogP contribution in [0.25, 0.3) is 0 Å². The second-order valence-corrected chi connectivity index (χ2v) is 6.09. The van der Waals surface area contributed by atoms with E-state index in [1.54, 1.807) is 24.8 Å². The average molecular weight is 332 g/mol. The van der Waals surface area contributed by atoms with E-state index in [-0.39, 0.29) is 17.9 Å². The molecule has 0 radical (unpaired) electrons. The van der Waals surface area contributed by atoms with Crippen molar-refractivity contribution in [3.8, 4) is 0 Å². The number of rotatable bonds is 6. The summed E-state index contributed by atoms with van der Waals surface area (Å²) in [7, 11) is 0. The summed E-state index contributed by atoms with van der Waals surface area (Å²) >= 11 is 1.67. The van der Waals surface area contributed by atoms with Crippen LogP contribution in [0.15, 0.2) is 52.2 Å². The van der Waals surface area contributed by atoms with Gasteiger partial charge in [-0.1, -0.05) is 12.1 Å². The summed E-state index contributed by atoms with van der Waals surface area (Å²) in [5.41, 5.74) is 1.41. The molecule has 2 aromatic rings. The van der Waals surface area contributed by atoms with Gasteiger partial charge in [0.25, 0.3) is 5.91 Å². The molecule has 2 amide bonds. The molecule has 122 valence electrons. The van der Waals surface area contributed by atoms with E-state index in [0.29, 0.717) is 5.56 Å². The summed E-state index contributed by atoms with van der Waals surface area (Å²) in [5, 5.41) is 5.54. The van der Waals surface area contributed by atoms with Crippen LogP contribution < -0.4 is 10.6 Å². The molecule has 6 heteroatoms. The number of benzene rings is 1. The van der Waals surface area contributed by atoms with Crippen LogP contribution in [0.1, 0.15) is 35.8 Å². The summed E-state index contributed by atoms with van der Waals surface area (Å²) in [6.45, 7) is 3.56. The number of hydrogen-bond acceptors (Lipinski definition) is 4. The van der Waals surface area contributed by atoms with Crippen molar-refractivity contribution >= 4 is 23.6 Å². The molecule has 0 fully saturated rings. The molecule has 0 aliphatic rings. The van der Waals surface area contributed by atoms with Gasteiger partial charge < -0.3 is 15.1 Å². The Kier molecular flexibility index (Phi) is 5.87. The number of thioether (sulfide) groups is 1. The molecule has 2 N–H and O–H groups in total. The lowest BCUT2D eigenvalue weighted by Crippen LogP contribution is -2.45. The Morgan fingerprint density at radius 1 is 1.09 bits per heavy atom. The first kappa shape index (κ1) is 17.1. The van der Waals surface area contributed by atoms with Gasteiger partial charge in [0.1, 0.15) is 12.3 Å². The fourth-order valence-corrected chi connectivity index (χ4v) is 2.46. The zero-order chi connectivity index (χ0) is 16.8. The highest BCUT2D eigenvalue weighted by Gasteiger charge is 2.19. The van der Waals surface area contributed by atoms with Gasteiger partial charge in [-0.15, -0.1) is 11.8 Å². The van der Waals surface area contributed by atoms with Crippen LogP contribution >= 0.6 is 11.8 Å². The Morgan fingerprint density at radius 3 is 2.35 bits per heavy atom. The van der Waals surface area contributed by atoms with Gasteiger partial charge in [-0.25, -0.2) is 0 Å². The van der Waals surface area contributed by atoms with Crippen LogP contribution in [0, 0.1) is 0 Å². The molecule has 5 nitrogen and oxygen atoms in total. The molecule has 1 heterocycles. The second-order valence-electron chi connectivity index (χ2n) is 5.21. The lowest BCUT2D eigenvalue weighted by molar-refractivity contribution is -0.123. The van der Waals surface area contributed by atoms with Crippen molar-refractivity contribution in [1.82, 2.24) is 10.6 Å². The smallest absolute Gasteiger partial charge is 0.255 e. The van der Waals surface area contributed by atoms with Gasteiger partial charge in [0.15, 0.2) is 0 Å². The quantitative estimate of drug-likeness (QED) is 0.798. The van der Waals surface area contributed by atoms with E-state index in [1.807, 2.05) is 37.4 Å². The highest BCUT2D eigenvalue weighted by atomic mass is 32.2. The van der Waals surface area contributed by atoms with E-state index in [4.69, 9.17) is 4.42 Å². The fourth-order valence-electron chi connectivity index (χ4n) is 2.05. The molecule has 2 rings (SSSR count). The summed E-state index contributed by atoms with van der Waals surface area (Å²) < 4.78 is 4.86. The van der Waals surface area contributed by atoms with E-state index >= 15 is 0 Å². The first-order chi connectivity index (χ1) is 11.0. The van der Waals surface area contributed by atoms with Crippen molar-refractivity contribution in [2.24, 2.45) is 0 Å². The predicted molar refractivity (Wildman–Crippen MR) is 90.4 cm³/mol. The molecule has 0 bridgehead atoms. The number of carbonyl (C=O) groups excluding carboxylic acids is 2. The topological polar surface area (TPSA) is 71.3 Å². The third-order valence-corrected chi connectivity index (χ3v) is 4.24. The van der Waals surface area contributed by atoms with E-state index in [9.17, 15) is 9.59 Å². The summed E-state index contributed by atoms with van der Waals surface area (Å²) in [6.07, 6.45) is 4.78. The third-order valence-electron chi connectivity index (χ3n) is 3.50. The molecular weight excluding hydrogens is 312 g/mol. The van der Waals surface area contributed by atoms with Crippen LogP contribution in [-0.4, -0.2) is 24.1 Å². The van der Waals surface area contributed by atoms with E-state index in [1.165, 1.54) is 17.4 Å². The van der Waals surface area contributed by atoms with Gasteiger partial charge in [-0.05, 0) is 43.9 Å². The first-order valence-electron chi connectivity index (χ1n) is 7.28. The van der Waals surface area contributed by atoms with Crippen molar-refractivity contribution in [1.29, 1.82) is 0 Å². The summed E-state index contributed by atoms with van der Waals surface area (Å²) in [5.74, 6) is -0.568. The number of nitrogens with one attached hydrogen (secondary N) is 2. The SMILES string of the molecule is CSc1ccc(C(C)NC(=O)C(C)NC(=O)c2ccoc2)cc1. The third kappa shape index (κ3) is 4.63. The van der Waals surface area contributed by atoms with Gasteiger partial charge in [0.05, 0.1) is 17.9 Å². The predicted octanol–water partition coefficient (Wildman–Crippen LogP) is 3.00. The molecule has 0 aliphatic heterocycles. The van der Waals surface area contributed by atoms with Crippen molar-refractivity contribution in [2.75, 3.05) is 6.26 Å². The number of carbonyl (C=O) groups is 2. The lowest BCUT2D eigenvalue weighted by Gasteiger charge is -2.19. The average Bonchev–Trinajstić information content (AvgIpc) is 3.09. The monoisotopic (exact) mass is 332 g/mol. The Balaban J connectivity index is 1.90. The van der Waals surface area contributed by atoms with Crippen molar-refractivity contribution in [2.45, 2.75) is 30.8 Å². The zero-order valence-electron chi connectivity index (χ0n) is 13.3. The second kappa shape index (κ2) is 7.87. The zero-order valence-corrected chi connectivity index (χ0v) is 14.1. The molecule has 23 heavy (non-hydrogen) atoms. The minimum atomic E-state index is -0.634. The number of furan rings is 1. The minimum absolute atomic E-state index is 0.133. The van der Waals surface area contributed by atoms with Crippen molar-refractivity contribution in [3.05, 3.63) is 54.0 Å². The molecule has 2 atom stereocenters. The standard InChI is InChI=1S/C17H20N2O3S/c1-11(13-4-6-15(23-3)7-5-13)18-16(20)12(2)19-17(21)14-8-9-22-10-14/h4-12H,1-3H3,(H,18,20)(H,19,21). The van der Waals surface area contributed by atoms with Gasteiger partial charge in [-0.2, -0.15) is 0 Å². The molecule has 0 spiro atoms. The van der Waals surface area contributed by atoms with Gasteiger partial charge in [0.2, 0.25) is 5.91 Å². The van der Waals surface area contributed by atoms with E-state index in [0.717, 1.165) is 5.56 Å². The van der Waals surface area contributed by atoms with Crippen molar-refractivity contribution in [3.63, 3.8) is 0 Å². The summed E-state index contributed by atoms with van der Waals surface area (Å²) in [6, 6.07) is 8.81. The molecule has 2 unspecified atom stereocenters. The molecule has 0 saturated carbocycles. The van der Waals surface area contributed by atoms with Crippen LogP contribution in [0.4, 0.5) is 0 Å².